The lowest BCUT2D eigenvalue weighted by atomic mass is 10.00. The minimum atomic E-state index is -0.494. The Kier molecular flexibility index (Phi) is 5.17. The van der Waals surface area contributed by atoms with Crippen LogP contribution in [-0.2, 0) is 6.54 Å². The van der Waals surface area contributed by atoms with Crippen LogP contribution in [0.15, 0.2) is 17.1 Å². The minimum absolute atomic E-state index is 0.129. The molecule has 0 amide bonds. The summed E-state index contributed by atoms with van der Waals surface area (Å²) < 4.78 is 1.36. The van der Waals surface area contributed by atoms with Crippen molar-refractivity contribution in [2.24, 2.45) is 5.92 Å². The maximum Gasteiger partial charge on any atom is 0.268 e. The monoisotopic (exact) mass is 279 g/mol. The highest BCUT2D eigenvalue weighted by Crippen LogP contribution is 2.20. The number of aliphatic hydroxyl groups is 1. The molecule has 2 rings (SSSR count). The standard InChI is InChI=1S/C15H25N3O2/c1-3-5-14(19)11-18-15(20)8-13(9-16-18)17-7-4-6-12(2)10-17/h8-9,12,14,19H,3-7,10-11H2,1-2H3. The molecule has 1 aliphatic heterocycles. The third kappa shape index (κ3) is 3.82. The molecule has 2 atom stereocenters. The smallest absolute Gasteiger partial charge is 0.268 e. The molecule has 0 spiro atoms. The van der Waals surface area contributed by atoms with Gasteiger partial charge in [0.05, 0.1) is 24.5 Å². The average molecular weight is 279 g/mol. The van der Waals surface area contributed by atoms with Crippen LogP contribution in [0.4, 0.5) is 5.69 Å². The number of piperidine rings is 1. The number of anilines is 1. The summed E-state index contributed by atoms with van der Waals surface area (Å²) in [4.78, 5) is 14.3. The molecule has 112 valence electrons. The van der Waals surface area contributed by atoms with Crippen molar-refractivity contribution in [3.63, 3.8) is 0 Å². The van der Waals surface area contributed by atoms with E-state index in [1.807, 2.05) is 6.92 Å². The Labute approximate surface area is 120 Å². The summed E-state index contributed by atoms with van der Waals surface area (Å²) in [5.74, 6) is 0.664. The van der Waals surface area contributed by atoms with Crippen molar-refractivity contribution < 1.29 is 5.11 Å². The lowest BCUT2D eigenvalue weighted by Gasteiger charge is -2.32. The fourth-order valence-corrected chi connectivity index (χ4v) is 2.78. The van der Waals surface area contributed by atoms with Crippen LogP contribution >= 0.6 is 0 Å². The molecule has 1 aromatic rings. The van der Waals surface area contributed by atoms with E-state index in [1.54, 1.807) is 12.3 Å². The van der Waals surface area contributed by atoms with Gasteiger partial charge >= 0.3 is 0 Å². The maximum absolute atomic E-state index is 12.1. The first kappa shape index (κ1) is 15.0. The normalized spacial score (nSPS) is 20.9. The minimum Gasteiger partial charge on any atom is -0.391 e. The zero-order valence-electron chi connectivity index (χ0n) is 12.5. The first-order chi connectivity index (χ1) is 9.60. The van der Waals surface area contributed by atoms with Crippen molar-refractivity contribution in [1.82, 2.24) is 9.78 Å². The second-order valence-corrected chi connectivity index (χ2v) is 5.87. The number of aromatic nitrogens is 2. The third-order valence-corrected chi connectivity index (χ3v) is 3.88. The van der Waals surface area contributed by atoms with Crippen LogP contribution in [0, 0.1) is 5.92 Å². The quantitative estimate of drug-likeness (QED) is 0.890. The molecule has 0 radical (unpaired) electrons. The van der Waals surface area contributed by atoms with Gasteiger partial charge in [-0.05, 0) is 25.2 Å². The van der Waals surface area contributed by atoms with Gasteiger partial charge in [-0.1, -0.05) is 20.3 Å². The Morgan fingerprint density at radius 2 is 2.35 bits per heavy atom. The topological polar surface area (TPSA) is 58.4 Å². The predicted octanol–water partition coefficient (Wildman–Crippen LogP) is 1.64. The Balaban J connectivity index is 2.07. The predicted molar refractivity (Wildman–Crippen MR) is 80.0 cm³/mol. The molecule has 1 N–H and O–H groups in total. The highest BCUT2D eigenvalue weighted by molar-refractivity contribution is 5.43. The van der Waals surface area contributed by atoms with Crippen molar-refractivity contribution in [2.45, 2.75) is 52.2 Å². The van der Waals surface area contributed by atoms with E-state index >= 15 is 0 Å². The van der Waals surface area contributed by atoms with E-state index in [9.17, 15) is 9.90 Å². The summed E-state index contributed by atoms with van der Waals surface area (Å²) >= 11 is 0. The second-order valence-electron chi connectivity index (χ2n) is 5.87. The van der Waals surface area contributed by atoms with Gasteiger partial charge < -0.3 is 10.0 Å². The first-order valence-electron chi connectivity index (χ1n) is 7.60. The summed E-state index contributed by atoms with van der Waals surface area (Å²) in [5.41, 5.74) is 0.777. The molecule has 5 heteroatoms. The van der Waals surface area contributed by atoms with E-state index in [0.29, 0.717) is 12.3 Å². The Morgan fingerprint density at radius 3 is 3.00 bits per heavy atom. The second kappa shape index (κ2) is 6.88. The van der Waals surface area contributed by atoms with Gasteiger partial charge in [-0.2, -0.15) is 5.10 Å². The molecule has 20 heavy (non-hydrogen) atoms. The first-order valence-corrected chi connectivity index (χ1v) is 7.60. The summed E-state index contributed by atoms with van der Waals surface area (Å²) in [7, 11) is 0. The van der Waals surface area contributed by atoms with Gasteiger partial charge in [0.1, 0.15) is 0 Å². The summed E-state index contributed by atoms with van der Waals surface area (Å²) in [6, 6.07) is 1.64. The summed E-state index contributed by atoms with van der Waals surface area (Å²) in [6.07, 6.45) is 5.27. The van der Waals surface area contributed by atoms with Gasteiger partial charge in [0.25, 0.3) is 5.56 Å². The van der Waals surface area contributed by atoms with Crippen molar-refractivity contribution in [1.29, 1.82) is 0 Å². The van der Waals surface area contributed by atoms with E-state index in [4.69, 9.17) is 0 Å². The van der Waals surface area contributed by atoms with Crippen molar-refractivity contribution in [3.8, 4) is 0 Å². The fraction of sp³-hybridized carbons (Fsp3) is 0.733. The van der Waals surface area contributed by atoms with Gasteiger partial charge in [0.15, 0.2) is 0 Å². The van der Waals surface area contributed by atoms with Gasteiger partial charge in [-0.25, -0.2) is 4.68 Å². The van der Waals surface area contributed by atoms with E-state index < -0.39 is 6.10 Å². The SMILES string of the molecule is CCCC(O)Cn1ncc(N2CCCC(C)C2)cc1=O. The van der Waals surface area contributed by atoms with Gasteiger partial charge in [-0.15, -0.1) is 0 Å². The van der Waals surface area contributed by atoms with Crippen LogP contribution in [0.1, 0.15) is 39.5 Å². The number of rotatable bonds is 5. The number of nitrogens with zero attached hydrogens (tertiary/aromatic N) is 3. The van der Waals surface area contributed by atoms with E-state index in [-0.39, 0.29) is 12.1 Å². The van der Waals surface area contributed by atoms with Crippen LogP contribution in [0.25, 0.3) is 0 Å². The van der Waals surface area contributed by atoms with Gasteiger partial charge in [-0.3, -0.25) is 4.79 Å². The molecule has 1 aromatic heterocycles. The van der Waals surface area contributed by atoms with E-state index in [1.165, 1.54) is 17.5 Å². The molecule has 2 heterocycles. The lowest BCUT2D eigenvalue weighted by Crippen LogP contribution is -2.36. The number of hydrogen-bond donors (Lipinski definition) is 1. The van der Waals surface area contributed by atoms with Gasteiger partial charge in [0, 0.05) is 19.2 Å². The van der Waals surface area contributed by atoms with Crippen molar-refractivity contribution in [3.05, 3.63) is 22.6 Å². The van der Waals surface area contributed by atoms with Gasteiger partial charge in [0.2, 0.25) is 0 Å². The highest BCUT2D eigenvalue weighted by atomic mass is 16.3. The number of hydrogen-bond acceptors (Lipinski definition) is 4. The van der Waals surface area contributed by atoms with E-state index in [0.717, 1.165) is 25.2 Å². The number of aliphatic hydroxyl groups excluding tert-OH is 1. The maximum atomic E-state index is 12.1. The molecule has 2 unspecified atom stereocenters. The molecule has 0 aliphatic carbocycles. The third-order valence-electron chi connectivity index (χ3n) is 3.88. The average Bonchev–Trinajstić information content (AvgIpc) is 2.41. The zero-order chi connectivity index (χ0) is 14.5. The highest BCUT2D eigenvalue weighted by Gasteiger charge is 2.17. The molecule has 1 fully saturated rings. The largest absolute Gasteiger partial charge is 0.391 e. The zero-order valence-corrected chi connectivity index (χ0v) is 12.5. The molecule has 5 nitrogen and oxygen atoms in total. The molecule has 0 aromatic carbocycles. The molecule has 1 aliphatic rings. The summed E-state index contributed by atoms with van der Waals surface area (Å²) in [5, 5.41) is 14.0. The van der Waals surface area contributed by atoms with Crippen LogP contribution in [0.2, 0.25) is 0 Å². The Bertz CT molecular complexity index is 486. The lowest BCUT2D eigenvalue weighted by molar-refractivity contribution is 0.137. The summed E-state index contributed by atoms with van der Waals surface area (Å²) in [6.45, 7) is 6.52. The fourth-order valence-electron chi connectivity index (χ4n) is 2.78. The molecule has 0 bridgehead atoms. The molecule has 1 saturated heterocycles. The van der Waals surface area contributed by atoms with Crippen LogP contribution in [-0.4, -0.2) is 34.1 Å². The Hall–Kier alpha value is -1.36. The van der Waals surface area contributed by atoms with Crippen molar-refractivity contribution >= 4 is 5.69 Å². The molecular weight excluding hydrogens is 254 g/mol. The molecular formula is C15H25N3O2. The van der Waals surface area contributed by atoms with E-state index in [2.05, 4.69) is 16.9 Å². The van der Waals surface area contributed by atoms with Crippen LogP contribution < -0.4 is 10.5 Å². The Morgan fingerprint density at radius 1 is 1.55 bits per heavy atom. The van der Waals surface area contributed by atoms with Crippen LogP contribution in [0.5, 0.6) is 0 Å². The molecule has 0 saturated carbocycles. The van der Waals surface area contributed by atoms with Crippen molar-refractivity contribution in [2.75, 3.05) is 18.0 Å². The van der Waals surface area contributed by atoms with Crippen LogP contribution in [0.3, 0.4) is 0 Å².